The first-order valence-corrected chi connectivity index (χ1v) is 9.57. The van der Waals surface area contributed by atoms with Crippen LogP contribution in [0, 0.1) is 5.92 Å². The van der Waals surface area contributed by atoms with Gasteiger partial charge in [0.2, 0.25) is 5.91 Å². The van der Waals surface area contributed by atoms with Crippen molar-refractivity contribution in [2.24, 2.45) is 5.92 Å². The zero-order valence-electron chi connectivity index (χ0n) is 14.7. The zero-order chi connectivity index (χ0) is 17.1. The van der Waals surface area contributed by atoms with Gasteiger partial charge in [-0.3, -0.25) is 9.69 Å². The Bertz CT molecular complexity index is 556. The molecule has 0 bridgehead atoms. The number of fused-ring (bicyclic) bond motifs is 1. The molecule has 4 rings (SSSR count). The van der Waals surface area contributed by atoms with Gasteiger partial charge in [-0.15, -0.1) is 0 Å². The number of ether oxygens (including phenoxy) is 2. The van der Waals surface area contributed by atoms with E-state index in [1.165, 1.54) is 12.8 Å². The number of amides is 1. The van der Waals surface area contributed by atoms with Crippen molar-refractivity contribution in [3.63, 3.8) is 0 Å². The minimum absolute atomic E-state index is 0.0160. The summed E-state index contributed by atoms with van der Waals surface area (Å²) in [6.07, 6.45) is 6.73. The van der Waals surface area contributed by atoms with E-state index in [0.717, 1.165) is 57.2 Å². The van der Waals surface area contributed by atoms with Crippen molar-refractivity contribution < 1.29 is 18.7 Å². The van der Waals surface area contributed by atoms with Crippen molar-refractivity contribution in [3.05, 3.63) is 24.2 Å². The van der Waals surface area contributed by atoms with Gasteiger partial charge in [0.05, 0.1) is 18.9 Å². The van der Waals surface area contributed by atoms with Crippen LogP contribution in [0.25, 0.3) is 0 Å². The van der Waals surface area contributed by atoms with Crippen LogP contribution in [-0.2, 0) is 20.8 Å². The van der Waals surface area contributed by atoms with Crippen molar-refractivity contribution >= 4 is 5.91 Å². The molecule has 0 radical (unpaired) electrons. The van der Waals surface area contributed by atoms with Gasteiger partial charge < -0.3 is 19.2 Å². The predicted octanol–water partition coefficient (Wildman–Crippen LogP) is 1.94. The minimum Gasteiger partial charge on any atom is -0.467 e. The largest absolute Gasteiger partial charge is 0.467 e. The summed E-state index contributed by atoms with van der Waals surface area (Å²) < 4.78 is 16.9. The lowest BCUT2D eigenvalue weighted by Crippen LogP contribution is -2.48. The number of nitrogens with one attached hydrogen (secondary N) is 1. The summed E-state index contributed by atoms with van der Waals surface area (Å²) in [4.78, 5) is 15.0. The van der Waals surface area contributed by atoms with E-state index in [1.54, 1.807) is 6.26 Å². The molecule has 3 aliphatic rings. The molecule has 1 N–H and O–H groups in total. The van der Waals surface area contributed by atoms with E-state index in [-0.39, 0.29) is 18.1 Å². The van der Waals surface area contributed by atoms with Crippen LogP contribution in [0.3, 0.4) is 0 Å². The van der Waals surface area contributed by atoms with Gasteiger partial charge in [0, 0.05) is 32.3 Å². The molecule has 6 heteroatoms. The molecule has 6 nitrogen and oxygen atoms in total. The third kappa shape index (κ3) is 4.07. The topological polar surface area (TPSA) is 63.9 Å². The maximum Gasteiger partial charge on any atom is 0.249 e. The van der Waals surface area contributed by atoms with Gasteiger partial charge in [-0.05, 0) is 50.2 Å². The number of furan rings is 1. The number of carbonyl (C=O) groups is 1. The van der Waals surface area contributed by atoms with E-state index < -0.39 is 0 Å². The number of hydrogen-bond donors (Lipinski definition) is 1. The highest BCUT2D eigenvalue weighted by molar-refractivity contribution is 5.80. The molecular formula is C19H28N2O4. The second-order valence-electron chi connectivity index (χ2n) is 7.44. The molecule has 4 heterocycles. The van der Waals surface area contributed by atoms with Crippen LogP contribution >= 0.6 is 0 Å². The summed E-state index contributed by atoms with van der Waals surface area (Å²) in [6, 6.07) is 4.18. The Morgan fingerprint density at radius 2 is 2.08 bits per heavy atom. The molecule has 3 aliphatic heterocycles. The summed E-state index contributed by atoms with van der Waals surface area (Å²) in [7, 11) is 0. The minimum atomic E-state index is -0.320. The van der Waals surface area contributed by atoms with Crippen molar-refractivity contribution in [1.82, 2.24) is 10.2 Å². The molecule has 0 spiro atoms. The second kappa shape index (κ2) is 7.89. The van der Waals surface area contributed by atoms with Gasteiger partial charge in [0.1, 0.15) is 11.9 Å². The van der Waals surface area contributed by atoms with Crippen LogP contribution in [0.1, 0.15) is 37.9 Å². The van der Waals surface area contributed by atoms with Crippen molar-refractivity contribution in [1.29, 1.82) is 0 Å². The number of nitrogens with zero attached hydrogens (tertiary/aromatic N) is 1. The van der Waals surface area contributed by atoms with Crippen LogP contribution in [0.4, 0.5) is 0 Å². The second-order valence-corrected chi connectivity index (χ2v) is 7.44. The van der Waals surface area contributed by atoms with E-state index in [9.17, 15) is 4.79 Å². The first-order valence-electron chi connectivity index (χ1n) is 9.57. The summed E-state index contributed by atoms with van der Waals surface area (Å²) in [5.41, 5.74) is 0. The monoisotopic (exact) mass is 348 g/mol. The Kier molecular flexibility index (Phi) is 5.39. The molecule has 1 amide bonds. The SMILES string of the molecule is O=C(NCc1ccco1)[C@@H]1CC[C@H]2[C@H](CCN2CC2CCOCC2)O1. The van der Waals surface area contributed by atoms with E-state index >= 15 is 0 Å². The van der Waals surface area contributed by atoms with Crippen molar-refractivity contribution in [2.45, 2.75) is 56.9 Å². The van der Waals surface area contributed by atoms with E-state index in [0.29, 0.717) is 12.6 Å². The normalized spacial score (nSPS) is 31.0. The molecule has 1 aromatic rings. The average Bonchev–Trinajstić information content (AvgIpc) is 3.30. The Balaban J connectivity index is 1.25. The molecule has 3 atom stereocenters. The Morgan fingerprint density at radius 3 is 2.88 bits per heavy atom. The third-order valence-corrected chi connectivity index (χ3v) is 5.81. The highest BCUT2D eigenvalue weighted by Gasteiger charge is 2.42. The lowest BCUT2D eigenvalue weighted by Gasteiger charge is -2.37. The summed E-state index contributed by atoms with van der Waals surface area (Å²) in [5, 5.41) is 2.93. The van der Waals surface area contributed by atoms with Gasteiger partial charge in [-0.25, -0.2) is 0 Å². The third-order valence-electron chi connectivity index (χ3n) is 5.81. The lowest BCUT2D eigenvalue weighted by molar-refractivity contribution is -0.144. The molecule has 0 aliphatic carbocycles. The molecule has 138 valence electrons. The first kappa shape index (κ1) is 17.1. The van der Waals surface area contributed by atoms with Gasteiger partial charge in [-0.1, -0.05) is 0 Å². The van der Waals surface area contributed by atoms with Crippen LogP contribution < -0.4 is 5.32 Å². The Morgan fingerprint density at radius 1 is 1.20 bits per heavy atom. The number of hydrogen-bond acceptors (Lipinski definition) is 5. The predicted molar refractivity (Wildman–Crippen MR) is 92.0 cm³/mol. The fourth-order valence-electron chi connectivity index (χ4n) is 4.40. The standard InChI is InChI=1S/C19H28N2O4/c22-19(20-12-15-2-1-9-24-15)18-4-3-16-17(25-18)5-8-21(16)13-14-6-10-23-11-7-14/h1-2,9,14,16-18H,3-8,10-13H2,(H,20,22)/t16-,17-,18-/m0/s1. The van der Waals surface area contributed by atoms with E-state index in [1.807, 2.05) is 12.1 Å². The first-order chi connectivity index (χ1) is 12.3. The highest BCUT2D eigenvalue weighted by Crippen LogP contribution is 2.33. The molecule has 0 aromatic carbocycles. The molecule has 25 heavy (non-hydrogen) atoms. The van der Waals surface area contributed by atoms with Gasteiger partial charge in [0.25, 0.3) is 0 Å². The highest BCUT2D eigenvalue weighted by atomic mass is 16.5. The summed E-state index contributed by atoms with van der Waals surface area (Å²) in [5.74, 6) is 1.50. The van der Waals surface area contributed by atoms with E-state index in [2.05, 4.69) is 10.2 Å². The van der Waals surface area contributed by atoms with E-state index in [4.69, 9.17) is 13.9 Å². The zero-order valence-corrected chi connectivity index (χ0v) is 14.7. The summed E-state index contributed by atoms with van der Waals surface area (Å²) >= 11 is 0. The number of rotatable bonds is 5. The molecule has 3 fully saturated rings. The molecule has 1 aromatic heterocycles. The fourth-order valence-corrected chi connectivity index (χ4v) is 4.40. The smallest absolute Gasteiger partial charge is 0.249 e. The van der Waals surface area contributed by atoms with Crippen LogP contribution in [-0.4, -0.2) is 55.4 Å². The van der Waals surface area contributed by atoms with Crippen LogP contribution in [0.5, 0.6) is 0 Å². The fraction of sp³-hybridized carbons (Fsp3) is 0.737. The van der Waals surface area contributed by atoms with Gasteiger partial charge >= 0.3 is 0 Å². The summed E-state index contributed by atoms with van der Waals surface area (Å²) in [6.45, 7) is 4.48. The number of carbonyl (C=O) groups excluding carboxylic acids is 1. The maximum absolute atomic E-state index is 12.4. The molecular weight excluding hydrogens is 320 g/mol. The maximum atomic E-state index is 12.4. The Hall–Kier alpha value is -1.37. The molecule has 0 unspecified atom stereocenters. The van der Waals surface area contributed by atoms with Gasteiger partial charge in [0.15, 0.2) is 0 Å². The molecule has 0 saturated carbocycles. The molecule has 3 saturated heterocycles. The Labute approximate surface area is 148 Å². The van der Waals surface area contributed by atoms with Crippen LogP contribution in [0.15, 0.2) is 22.8 Å². The van der Waals surface area contributed by atoms with Crippen molar-refractivity contribution in [2.75, 3.05) is 26.3 Å². The van der Waals surface area contributed by atoms with Crippen LogP contribution in [0.2, 0.25) is 0 Å². The quantitative estimate of drug-likeness (QED) is 0.881. The van der Waals surface area contributed by atoms with Crippen molar-refractivity contribution in [3.8, 4) is 0 Å². The lowest BCUT2D eigenvalue weighted by atomic mass is 9.96. The number of likely N-dealkylation sites (tertiary alicyclic amines) is 1. The average molecular weight is 348 g/mol. The van der Waals surface area contributed by atoms with Gasteiger partial charge in [-0.2, -0.15) is 0 Å².